The topological polar surface area (TPSA) is 45.7 Å². The third-order valence-electron chi connectivity index (χ3n) is 3.17. The minimum atomic E-state index is 0.664. The molecule has 0 atom stereocenters. The molecule has 0 saturated heterocycles. The first-order chi connectivity index (χ1) is 10.6. The maximum atomic E-state index is 5.42. The van der Waals surface area contributed by atoms with E-state index in [1.165, 1.54) is 10.4 Å². The number of guanidine groups is 1. The fourth-order valence-electron chi connectivity index (χ4n) is 2.01. The number of halogens is 1. The molecule has 0 unspecified atom stereocenters. The predicted molar refractivity (Wildman–Crippen MR) is 96.8 cm³/mol. The number of aliphatic imine (C=N–C) groups is 1. The van der Waals surface area contributed by atoms with E-state index >= 15 is 0 Å². The van der Waals surface area contributed by atoms with Crippen molar-refractivity contribution in [2.24, 2.45) is 4.99 Å². The SMILES string of the molecule is CN=C(NCc1ccc(Br)s1)NCc1ccc(C)cc1OC. The fourth-order valence-corrected chi connectivity index (χ4v) is 3.44. The summed E-state index contributed by atoms with van der Waals surface area (Å²) in [6.45, 7) is 3.47. The van der Waals surface area contributed by atoms with Gasteiger partial charge in [0.1, 0.15) is 5.75 Å². The summed E-state index contributed by atoms with van der Waals surface area (Å²) in [4.78, 5) is 5.50. The van der Waals surface area contributed by atoms with Gasteiger partial charge in [0.15, 0.2) is 5.96 Å². The van der Waals surface area contributed by atoms with Gasteiger partial charge in [-0.1, -0.05) is 12.1 Å². The molecule has 0 fully saturated rings. The lowest BCUT2D eigenvalue weighted by Gasteiger charge is -2.13. The minimum absolute atomic E-state index is 0.664. The highest BCUT2D eigenvalue weighted by Crippen LogP contribution is 2.22. The number of aryl methyl sites for hydroxylation is 1. The van der Waals surface area contributed by atoms with Crippen LogP contribution in [-0.2, 0) is 13.1 Å². The van der Waals surface area contributed by atoms with Gasteiger partial charge >= 0.3 is 0 Å². The van der Waals surface area contributed by atoms with Crippen molar-refractivity contribution in [2.45, 2.75) is 20.0 Å². The zero-order valence-corrected chi connectivity index (χ0v) is 15.3. The van der Waals surface area contributed by atoms with Gasteiger partial charge in [0.25, 0.3) is 0 Å². The van der Waals surface area contributed by atoms with E-state index in [-0.39, 0.29) is 0 Å². The molecule has 0 aliphatic carbocycles. The van der Waals surface area contributed by atoms with Crippen LogP contribution in [0.2, 0.25) is 0 Å². The zero-order chi connectivity index (χ0) is 15.9. The number of benzene rings is 1. The minimum Gasteiger partial charge on any atom is -0.496 e. The molecule has 0 spiro atoms. The van der Waals surface area contributed by atoms with Crippen molar-refractivity contribution in [1.82, 2.24) is 10.6 Å². The Labute approximate surface area is 143 Å². The summed E-state index contributed by atoms with van der Waals surface area (Å²) in [6.07, 6.45) is 0. The van der Waals surface area contributed by atoms with Crippen LogP contribution in [0.3, 0.4) is 0 Å². The van der Waals surface area contributed by atoms with E-state index in [1.807, 2.05) is 6.07 Å². The van der Waals surface area contributed by atoms with Crippen LogP contribution in [0.4, 0.5) is 0 Å². The molecule has 1 heterocycles. The first-order valence-electron chi connectivity index (χ1n) is 6.94. The van der Waals surface area contributed by atoms with E-state index in [0.29, 0.717) is 6.54 Å². The molecule has 2 aromatic rings. The normalized spacial score (nSPS) is 11.4. The molecule has 22 heavy (non-hydrogen) atoms. The Hall–Kier alpha value is -1.53. The summed E-state index contributed by atoms with van der Waals surface area (Å²) in [6, 6.07) is 10.3. The van der Waals surface area contributed by atoms with Crippen LogP contribution in [0, 0.1) is 6.92 Å². The van der Waals surface area contributed by atoms with Crippen LogP contribution >= 0.6 is 27.3 Å². The molecule has 1 aromatic carbocycles. The number of rotatable bonds is 5. The number of nitrogens with one attached hydrogen (secondary N) is 2. The maximum Gasteiger partial charge on any atom is 0.191 e. The highest BCUT2D eigenvalue weighted by atomic mass is 79.9. The van der Waals surface area contributed by atoms with Gasteiger partial charge in [-0.3, -0.25) is 4.99 Å². The quantitative estimate of drug-likeness (QED) is 0.613. The van der Waals surface area contributed by atoms with Crippen LogP contribution < -0.4 is 15.4 Å². The average Bonchev–Trinajstić information content (AvgIpc) is 2.94. The molecule has 1 aromatic heterocycles. The molecule has 0 radical (unpaired) electrons. The molecule has 118 valence electrons. The maximum absolute atomic E-state index is 5.42. The Morgan fingerprint density at radius 3 is 2.64 bits per heavy atom. The number of hydrogen-bond donors (Lipinski definition) is 2. The Morgan fingerprint density at radius 1 is 1.23 bits per heavy atom. The number of ether oxygens (including phenoxy) is 1. The predicted octanol–water partition coefficient (Wildman–Crippen LogP) is 3.69. The first kappa shape index (κ1) is 16.8. The van der Waals surface area contributed by atoms with Crippen LogP contribution in [0.25, 0.3) is 0 Å². The van der Waals surface area contributed by atoms with Crippen molar-refractivity contribution in [3.63, 3.8) is 0 Å². The summed E-state index contributed by atoms with van der Waals surface area (Å²) in [5.74, 6) is 1.66. The molecule has 2 N–H and O–H groups in total. The van der Waals surface area contributed by atoms with Crippen molar-refractivity contribution in [1.29, 1.82) is 0 Å². The van der Waals surface area contributed by atoms with Gasteiger partial charge in [0.05, 0.1) is 17.4 Å². The van der Waals surface area contributed by atoms with Gasteiger partial charge in [-0.05, 0) is 46.6 Å². The monoisotopic (exact) mass is 381 g/mol. The lowest BCUT2D eigenvalue weighted by molar-refractivity contribution is 0.408. The fraction of sp³-hybridized carbons (Fsp3) is 0.312. The van der Waals surface area contributed by atoms with Crippen molar-refractivity contribution < 1.29 is 4.74 Å². The van der Waals surface area contributed by atoms with E-state index < -0.39 is 0 Å². The van der Waals surface area contributed by atoms with Gasteiger partial charge in [-0.25, -0.2) is 0 Å². The smallest absolute Gasteiger partial charge is 0.191 e. The molecule has 0 bridgehead atoms. The third kappa shape index (κ3) is 4.74. The second kappa shape index (κ2) is 8.19. The van der Waals surface area contributed by atoms with Gasteiger partial charge in [0.2, 0.25) is 0 Å². The number of nitrogens with zero attached hydrogens (tertiary/aromatic N) is 1. The summed E-state index contributed by atoms with van der Waals surface area (Å²) in [5.41, 5.74) is 2.29. The van der Waals surface area contributed by atoms with Gasteiger partial charge in [-0.15, -0.1) is 11.3 Å². The van der Waals surface area contributed by atoms with Crippen molar-refractivity contribution in [3.8, 4) is 5.75 Å². The van der Waals surface area contributed by atoms with E-state index in [1.54, 1.807) is 25.5 Å². The first-order valence-corrected chi connectivity index (χ1v) is 8.55. The Morgan fingerprint density at radius 2 is 2.00 bits per heavy atom. The van der Waals surface area contributed by atoms with Gasteiger partial charge in [0, 0.05) is 24.0 Å². The number of thiophene rings is 1. The molecule has 0 aliphatic rings. The Bertz CT molecular complexity index is 655. The van der Waals surface area contributed by atoms with Crippen LogP contribution in [0.1, 0.15) is 16.0 Å². The summed E-state index contributed by atoms with van der Waals surface area (Å²) in [7, 11) is 3.46. The van der Waals surface area contributed by atoms with E-state index in [9.17, 15) is 0 Å². The van der Waals surface area contributed by atoms with Crippen molar-refractivity contribution in [2.75, 3.05) is 14.2 Å². The highest BCUT2D eigenvalue weighted by molar-refractivity contribution is 9.11. The van der Waals surface area contributed by atoms with Crippen LogP contribution in [0.5, 0.6) is 5.75 Å². The zero-order valence-electron chi connectivity index (χ0n) is 12.9. The average molecular weight is 382 g/mol. The molecule has 2 rings (SSSR count). The van der Waals surface area contributed by atoms with E-state index in [0.717, 1.165) is 27.6 Å². The third-order valence-corrected chi connectivity index (χ3v) is 4.80. The van der Waals surface area contributed by atoms with E-state index in [4.69, 9.17) is 4.74 Å². The van der Waals surface area contributed by atoms with Crippen LogP contribution in [-0.4, -0.2) is 20.1 Å². The summed E-state index contributed by atoms with van der Waals surface area (Å²) < 4.78 is 6.56. The van der Waals surface area contributed by atoms with Gasteiger partial charge in [-0.2, -0.15) is 0 Å². The Kier molecular flexibility index (Phi) is 6.27. The molecule has 0 amide bonds. The molecular weight excluding hydrogens is 362 g/mol. The second-order valence-electron chi connectivity index (χ2n) is 4.80. The largest absolute Gasteiger partial charge is 0.496 e. The van der Waals surface area contributed by atoms with Crippen molar-refractivity contribution in [3.05, 3.63) is 50.1 Å². The summed E-state index contributed by atoms with van der Waals surface area (Å²) >= 11 is 5.18. The highest BCUT2D eigenvalue weighted by Gasteiger charge is 2.05. The molecule has 0 aliphatic heterocycles. The summed E-state index contributed by atoms with van der Waals surface area (Å²) in [5, 5.41) is 6.61. The molecule has 0 saturated carbocycles. The van der Waals surface area contributed by atoms with Gasteiger partial charge < -0.3 is 15.4 Å². The Balaban J connectivity index is 1.91. The number of hydrogen-bond acceptors (Lipinski definition) is 3. The van der Waals surface area contributed by atoms with Crippen LogP contribution in [0.15, 0.2) is 39.1 Å². The van der Waals surface area contributed by atoms with Crippen molar-refractivity contribution >= 4 is 33.2 Å². The number of methoxy groups -OCH3 is 1. The lowest BCUT2D eigenvalue weighted by Crippen LogP contribution is -2.36. The second-order valence-corrected chi connectivity index (χ2v) is 7.35. The molecule has 4 nitrogen and oxygen atoms in total. The van der Waals surface area contributed by atoms with E-state index in [2.05, 4.69) is 62.7 Å². The molecule has 6 heteroatoms. The standard InChI is InChI=1S/C16H20BrN3OS/c1-11-4-5-12(14(8-11)21-3)9-19-16(18-2)20-10-13-6-7-15(17)22-13/h4-8H,9-10H2,1-3H3,(H2,18,19,20). The lowest BCUT2D eigenvalue weighted by atomic mass is 10.1. The molecular formula is C16H20BrN3OS.